The Labute approximate surface area is 199 Å². The molecule has 9 nitrogen and oxygen atoms in total. The number of hydrogen-bond donors (Lipinski definition) is 2. The van der Waals surface area contributed by atoms with Gasteiger partial charge in [-0.15, -0.1) is 23.2 Å². The Morgan fingerprint density at radius 1 is 1.16 bits per heavy atom. The lowest BCUT2D eigenvalue weighted by atomic mass is 10.1. The highest BCUT2D eigenvalue weighted by atomic mass is 35.5. The zero-order valence-corrected chi connectivity index (χ0v) is 20.7. The van der Waals surface area contributed by atoms with Crippen LogP contribution < -0.4 is 10.7 Å². The number of carbonyl (C=O) groups excluding carboxylic acids is 2. The van der Waals surface area contributed by atoms with Crippen LogP contribution in [0.4, 0.5) is 5.69 Å². The van der Waals surface area contributed by atoms with E-state index in [1.807, 2.05) is 7.05 Å². The molecule has 1 aromatic rings. The van der Waals surface area contributed by atoms with Gasteiger partial charge in [-0.1, -0.05) is 6.07 Å². The Morgan fingerprint density at radius 3 is 2.59 bits per heavy atom. The van der Waals surface area contributed by atoms with E-state index in [1.165, 1.54) is 10.4 Å². The normalized spacial score (nSPS) is 23.8. The minimum Gasteiger partial charge on any atom is -0.324 e. The van der Waals surface area contributed by atoms with Crippen LogP contribution in [0.5, 0.6) is 0 Å². The molecule has 0 radical (unpaired) electrons. The van der Waals surface area contributed by atoms with Crippen molar-refractivity contribution in [2.24, 2.45) is 0 Å². The van der Waals surface area contributed by atoms with Crippen molar-refractivity contribution in [1.82, 2.24) is 19.6 Å². The van der Waals surface area contributed by atoms with E-state index >= 15 is 0 Å². The van der Waals surface area contributed by atoms with Gasteiger partial charge in [-0.3, -0.25) is 14.6 Å². The van der Waals surface area contributed by atoms with Crippen molar-refractivity contribution >= 4 is 50.7 Å². The maximum Gasteiger partial charge on any atom is 0.256 e. The number of sulfonamides is 1. The van der Waals surface area contributed by atoms with E-state index in [1.54, 1.807) is 19.9 Å². The van der Waals surface area contributed by atoms with Crippen molar-refractivity contribution in [2.45, 2.75) is 35.9 Å². The number of alkyl halides is 2. The molecule has 0 bridgehead atoms. The van der Waals surface area contributed by atoms with Gasteiger partial charge in [0.15, 0.2) is 0 Å². The monoisotopic (exact) mass is 505 g/mol. The molecule has 0 aromatic heterocycles. The van der Waals surface area contributed by atoms with Gasteiger partial charge in [0.2, 0.25) is 15.9 Å². The largest absolute Gasteiger partial charge is 0.324 e. The molecular formula is C20H29Cl2N5O4S. The number of amides is 2. The van der Waals surface area contributed by atoms with Gasteiger partial charge in [0.25, 0.3) is 5.91 Å². The summed E-state index contributed by atoms with van der Waals surface area (Å²) in [4.78, 5) is 27.1. The van der Waals surface area contributed by atoms with Gasteiger partial charge in [0, 0.05) is 31.9 Å². The van der Waals surface area contributed by atoms with Gasteiger partial charge in [-0.25, -0.2) is 13.8 Å². The van der Waals surface area contributed by atoms with Gasteiger partial charge in [-0.05, 0) is 51.1 Å². The van der Waals surface area contributed by atoms with Gasteiger partial charge >= 0.3 is 0 Å². The smallest absolute Gasteiger partial charge is 0.256 e. The Hall–Kier alpha value is -1.43. The zero-order chi connectivity index (χ0) is 23.6. The molecule has 0 spiro atoms. The molecule has 178 valence electrons. The number of benzene rings is 1. The van der Waals surface area contributed by atoms with Crippen LogP contribution in [0.3, 0.4) is 0 Å². The highest BCUT2D eigenvalue weighted by Crippen LogP contribution is 2.27. The first-order valence-corrected chi connectivity index (χ1v) is 12.7. The molecule has 2 fully saturated rings. The van der Waals surface area contributed by atoms with Crippen LogP contribution in [-0.2, 0) is 19.6 Å². The third-order valence-corrected chi connectivity index (χ3v) is 8.76. The van der Waals surface area contributed by atoms with Gasteiger partial charge in [0.1, 0.15) is 11.9 Å². The molecule has 2 atom stereocenters. The minimum absolute atomic E-state index is 0.168. The van der Waals surface area contributed by atoms with Gasteiger partial charge < -0.3 is 10.2 Å². The first-order valence-electron chi connectivity index (χ1n) is 10.4. The molecule has 2 aliphatic heterocycles. The molecule has 0 aliphatic carbocycles. The lowest BCUT2D eigenvalue weighted by Gasteiger charge is -2.32. The predicted octanol–water partition coefficient (Wildman–Crippen LogP) is 1.13. The van der Waals surface area contributed by atoms with Crippen LogP contribution in [0.2, 0.25) is 0 Å². The second kappa shape index (κ2) is 10.2. The minimum atomic E-state index is -3.72. The van der Waals surface area contributed by atoms with E-state index in [0.29, 0.717) is 30.9 Å². The number of aryl methyl sites for hydroxylation is 2. The summed E-state index contributed by atoms with van der Waals surface area (Å²) < 4.78 is 28.2. The first-order chi connectivity index (χ1) is 15.0. The number of hydrazine groups is 1. The standard InChI is InChI=1S/C20H29Cl2N5O4S/c1-13-9-14(2)17(32(30,31)26-6-4-5-25(3)7-8-26)10-16(13)24-18(28)12-27-20(29)19(22)15(21)11-23-27/h9-10,15,19,23H,4-8,11-12H2,1-3H3,(H,24,28). The second-order valence-corrected chi connectivity index (χ2v) is 11.2. The highest BCUT2D eigenvalue weighted by Gasteiger charge is 2.35. The van der Waals surface area contributed by atoms with Crippen molar-refractivity contribution < 1.29 is 18.0 Å². The Bertz CT molecular complexity index is 990. The van der Waals surface area contributed by atoms with Gasteiger partial charge in [-0.2, -0.15) is 4.31 Å². The Kier molecular flexibility index (Phi) is 8.06. The van der Waals surface area contributed by atoms with Crippen LogP contribution >= 0.6 is 23.2 Å². The predicted molar refractivity (Wildman–Crippen MR) is 124 cm³/mol. The number of halogens is 2. The van der Waals surface area contributed by atoms with Crippen LogP contribution in [0.15, 0.2) is 17.0 Å². The summed E-state index contributed by atoms with van der Waals surface area (Å²) in [6, 6.07) is 3.24. The maximum absolute atomic E-state index is 13.3. The maximum atomic E-state index is 13.3. The lowest BCUT2D eigenvalue weighted by molar-refractivity contribution is -0.139. The summed E-state index contributed by atoms with van der Waals surface area (Å²) in [6.07, 6.45) is 0.756. The number of anilines is 1. The highest BCUT2D eigenvalue weighted by molar-refractivity contribution is 7.89. The first kappa shape index (κ1) is 25.2. The summed E-state index contributed by atoms with van der Waals surface area (Å²) in [7, 11) is -1.74. The summed E-state index contributed by atoms with van der Waals surface area (Å²) in [6.45, 7) is 5.88. The summed E-state index contributed by atoms with van der Waals surface area (Å²) in [5.41, 5.74) is 4.50. The lowest BCUT2D eigenvalue weighted by Crippen LogP contribution is -2.58. The molecule has 3 rings (SSSR count). The third kappa shape index (κ3) is 5.55. The van der Waals surface area contributed by atoms with Crippen LogP contribution in [-0.4, -0.2) is 91.5 Å². The number of hydrogen-bond acceptors (Lipinski definition) is 6. The third-order valence-electron chi connectivity index (χ3n) is 5.69. The topological polar surface area (TPSA) is 102 Å². The number of nitrogens with zero attached hydrogens (tertiary/aromatic N) is 3. The molecular weight excluding hydrogens is 477 g/mol. The van der Waals surface area contributed by atoms with Crippen molar-refractivity contribution in [2.75, 3.05) is 51.6 Å². The molecule has 2 aliphatic rings. The fraction of sp³-hybridized carbons (Fsp3) is 0.600. The van der Waals surface area contributed by atoms with Crippen molar-refractivity contribution in [3.63, 3.8) is 0 Å². The summed E-state index contributed by atoms with van der Waals surface area (Å²) in [5.74, 6) is -0.961. The van der Waals surface area contributed by atoms with E-state index in [9.17, 15) is 18.0 Å². The van der Waals surface area contributed by atoms with Crippen LogP contribution in [0, 0.1) is 13.8 Å². The van der Waals surface area contributed by atoms with Crippen LogP contribution in [0.25, 0.3) is 0 Å². The fourth-order valence-corrected chi connectivity index (χ4v) is 5.88. The summed E-state index contributed by atoms with van der Waals surface area (Å²) in [5, 5.41) is 2.37. The molecule has 2 heterocycles. The van der Waals surface area contributed by atoms with E-state index in [2.05, 4.69) is 15.6 Å². The molecule has 2 N–H and O–H groups in total. The molecule has 1 aromatic carbocycles. The fourth-order valence-electron chi connectivity index (χ4n) is 3.80. The van der Waals surface area contributed by atoms with Crippen molar-refractivity contribution in [1.29, 1.82) is 0 Å². The number of likely N-dealkylation sites (N-methyl/N-ethyl adjacent to an activating group) is 1. The number of rotatable bonds is 5. The second-order valence-electron chi connectivity index (χ2n) is 8.25. The SMILES string of the molecule is Cc1cc(C)c(S(=O)(=O)N2CCCN(C)CC2)cc1NC(=O)CN1NCC(Cl)C(Cl)C1=O. The Balaban J connectivity index is 1.78. The summed E-state index contributed by atoms with van der Waals surface area (Å²) >= 11 is 12.0. The number of carbonyl (C=O) groups is 2. The molecule has 12 heteroatoms. The average Bonchev–Trinajstić information content (AvgIpc) is 2.95. The molecule has 32 heavy (non-hydrogen) atoms. The van der Waals surface area contributed by atoms with Crippen molar-refractivity contribution in [3.8, 4) is 0 Å². The molecule has 2 amide bonds. The van der Waals surface area contributed by atoms with Crippen LogP contribution in [0.1, 0.15) is 17.5 Å². The zero-order valence-electron chi connectivity index (χ0n) is 18.4. The van der Waals surface area contributed by atoms with E-state index < -0.39 is 32.6 Å². The average molecular weight is 506 g/mol. The molecule has 2 unspecified atom stereocenters. The van der Waals surface area contributed by atoms with Gasteiger partial charge in [0.05, 0.1) is 10.3 Å². The van der Waals surface area contributed by atoms with E-state index in [0.717, 1.165) is 23.5 Å². The quantitative estimate of drug-likeness (QED) is 0.581. The van der Waals surface area contributed by atoms with E-state index in [4.69, 9.17) is 23.2 Å². The Morgan fingerprint density at radius 2 is 1.88 bits per heavy atom. The molecule has 0 saturated carbocycles. The van der Waals surface area contributed by atoms with Crippen molar-refractivity contribution in [3.05, 3.63) is 23.3 Å². The number of nitrogens with one attached hydrogen (secondary N) is 2. The molecule has 2 saturated heterocycles. The van der Waals surface area contributed by atoms with E-state index in [-0.39, 0.29) is 18.0 Å².